The molecule has 0 bridgehead atoms. The Labute approximate surface area is 124 Å². The van der Waals surface area contributed by atoms with Crippen molar-refractivity contribution in [3.8, 4) is 0 Å². The number of unbranched alkanes of at least 4 members (excludes halogenated alkanes) is 2. The molecule has 106 valence electrons. The van der Waals surface area contributed by atoms with Gasteiger partial charge >= 0.3 is 0 Å². The van der Waals surface area contributed by atoms with Crippen molar-refractivity contribution in [1.29, 1.82) is 0 Å². The summed E-state index contributed by atoms with van der Waals surface area (Å²) in [5.74, 6) is -0.156. The quantitative estimate of drug-likeness (QED) is 0.601. The maximum atomic E-state index is 12.2. The van der Waals surface area contributed by atoms with E-state index in [1.165, 1.54) is 10.5 Å². The molecule has 1 saturated heterocycles. The van der Waals surface area contributed by atoms with Crippen molar-refractivity contribution in [3.63, 3.8) is 0 Å². The number of benzene rings is 1. The minimum atomic E-state index is -0.156. The van der Waals surface area contributed by atoms with Crippen molar-refractivity contribution in [3.05, 3.63) is 40.3 Å². The number of rotatable bonds is 5. The molecule has 0 unspecified atom stereocenters. The van der Waals surface area contributed by atoms with Gasteiger partial charge in [-0.25, -0.2) is 0 Å². The predicted molar refractivity (Wildman–Crippen MR) is 83.4 cm³/mol. The van der Waals surface area contributed by atoms with Crippen LogP contribution in [0, 0.1) is 6.92 Å². The summed E-state index contributed by atoms with van der Waals surface area (Å²) in [7, 11) is 0. The van der Waals surface area contributed by atoms with E-state index in [9.17, 15) is 9.59 Å². The molecule has 1 aromatic rings. The Kier molecular flexibility index (Phi) is 5.01. The largest absolute Gasteiger partial charge is 0.293 e. The number of carbonyl (C=O) groups excluding carboxylic acids is 2. The smallest absolute Gasteiger partial charge is 0.268 e. The number of hydrogen-bond acceptors (Lipinski definition) is 3. The van der Waals surface area contributed by atoms with Crippen LogP contribution in [-0.4, -0.2) is 22.6 Å². The van der Waals surface area contributed by atoms with Gasteiger partial charge in [-0.05, 0) is 36.7 Å². The number of imide groups is 1. The first-order valence-corrected chi connectivity index (χ1v) is 7.75. The fourth-order valence-electron chi connectivity index (χ4n) is 2.03. The first-order valence-electron chi connectivity index (χ1n) is 6.94. The third kappa shape index (κ3) is 3.51. The molecule has 0 spiro atoms. The van der Waals surface area contributed by atoms with E-state index in [-0.39, 0.29) is 11.1 Å². The summed E-state index contributed by atoms with van der Waals surface area (Å²) in [6.07, 6.45) is 4.80. The molecule has 3 nitrogen and oxygen atoms in total. The monoisotopic (exact) mass is 289 g/mol. The van der Waals surface area contributed by atoms with E-state index in [0.29, 0.717) is 11.4 Å². The van der Waals surface area contributed by atoms with Gasteiger partial charge in [0.25, 0.3) is 11.1 Å². The highest BCUT2D eigenvalue weighted by Gasteiger charge is 2.34. The fraction of sp³-hybridized carbons (Fsp3) is 0.375. The summed E-state index contributed by atoms with van der Waals surface area (Å²) >= 11 is 1.04. The lowest BCUT2D eigenvalue weighted by Gasteiger charge is -2.11. The number of amides is 2. The first kappa shape index (κ1) is 14.9. The van der Waals surface area contributed by atoms with E-state index in [4.69, 9.17) is 0 Å². The molecule has 1 fully saturated rings. The van der Waals surface area contributed by atoms with Crippen LogP contribution in [0.5, 0.6) is 0 Å². The Morgan fingerprint density at radius 3 is 2.50 bits per heavy atom. The molecule has 1 aromatic carbocycles. The third-order valence-electron chi connectivity index (χ3n) is 3.23. The predicted octanol–water partition coefficient (Wildman–Crippen LogP) is 4.22. The van der Waals surface area contributed by atoms with Crippen molar-refractivity contribution in [2.45, 2.75) is 33.1 Å². The minimum absolute atomic E-state index is 0.149. The van der Waals surface area contributed by atoms with Gasteiger partial charge < -0.3 is 0 Å². The van der Waals surface area contributed by atoms with Gasteiger partial charge in [-0.2, -0.15) is 0 Å². The summed E-state index contributed by atoms with van der Waals surface area (Å²) in [5.41, 5.74) is 2.13. The highest BCUT2D eigenvalue weighted by Crippen LogP contribution is 2.32. The summed E-state index contributed by atoms with van der Waals surface area (Å²) in [4.78, 5) is 25.9. The topological polar surface area (TPSA) is 37.4 Å². The van der Waals surface area contributed by atoms with E-state index in [1.54, 1.807) is 6.08 Å². The van der Waals surface area contributed by atoms with Crippen LogP contribution in [0.15, 0.2) is 29.2 Å². The lowest BCUT2D eigenvalue weighted by atomic mass is 10.1. The van der Waals surface area contributed by atoms with Crippen molar-refractivity contribution in [2.24, 2.45) is 0 Å². The van der Waals surface area contributed by atoms with E-state index in [2.05, 4.69) is 6.92 Å². The zero-order valence-electron chi connectivity index (χ0n) is 11.9. The molecule has 0 aliphatic carbocycles. The molecule has 4 heteroatoms. The normalized spacial score (nSPS) is 17.3. The Balaban J connectivity index is 2.09. The van der Waals surface area contributed by atoms with Gasteiger partial charge in [0.1, 0.15) is 0 Å². The van der Waals surface area contributed by atoms with Crippen LogP contribution in [0.3, 0.4) is 0 Å². The summed E-state index contributed by atoms with van der Waals surface area (Å²) in [6.45, 7) is 4.65. The second kappa shape index (κ2) is 6.75. The fourth-order valence-corrected chi connectivity index (χ4v) is 2.89. The number of aryl methyl sites for hydroxylation is 1. The number of carbonyl (C=O) groups is 2. The average molecular weight is 289 g/mol. The minimum Gasteiger partial charge on any atom is -0.268 e. The molecule has 2 rings (SSSR count). The van der Waals surface area contributed by atoms with Crippen LogP contribution >= 0.6 is 11.8 Å². The molecular formula is C16H19NO2S. The molecule has 0 atom stereocenters. The zero-order valence-corrected chi connectivity index (χ0v) is 12.7. The number of thioether (sulfide) groups is 1. The van der Waals surface area contributed by atoms with Crippen molar-refractivity contribution in [2.75, 3.05) is 6.54 Å². The van der Waals surface area contributed by atoms with E-state index in [0.717, 1.165) is 36.6 Å². The molecule has 20 heavy (non-hydrogen) atoms. The lowest BCUT2D eigenvalue weighted by Crippen LogP contribution is -2.29. The highest BCUT2D eigenvalue weighted by molar-refractivity contribution is 8.18. The molecule has 0 aromatic heterocycles. The Bertz CT molecular complexity index is 534. The van der Waals surface area contributed by atoms with Gasteiger partial charge in [-0.1, -0.05) is 49.6 Å². The summed E-state index contributed by atoms with van der Waals surface area (Å²) in [6, 6.07) is 7.91. The SMILES string of the molecule is CCCCCN1C(=O)S/C(=C\c2ccc(C)cc2)C1=O. The average Bonchev–Trinajstić information content (AvgIpc) is 2.69. The molecule has 1 aliphatic heterocycles. The van der Waals surface area contributed by atoms with Crippen LogP contribution in [0.25, 0.3) is 6.08 Å². The molecule has 1 heterocycles. The van der Waals surface area contributed by atoms with E-state index >= 15 is 0 Å². The molecule has 2 amide bonds. The van der Waals surface area contributed by atoms with Crippen molar-refractivity contribution < 1.29 is 9.59 Å². The first-order chi connectivity index (χ1) is 9.61. The van der Waals surface area contributed by atoms with Gasteiger partial charge in [0.15, 0.2) is 0 Å². The third-order valence-corrected chi connectivity index (χ3v) is 4.14. The van der Waals surface area contributed by atoms with Crippen LogP contribution in [0.1, 0.15) is 37.3 Å². The van der Waals surface area contributed by atoms with Crippen molar-refractivity contribution >= 4 is 29.0 Å². The van der Waals surface area contributed by atoms with Gasteiger partial charge in [0.05, 0.1) is 4.91 Å². The van der Waals surface area contributed by atoms with Crippen LogP contribution in [-0.2, 0) is 4.79 Å². The second-order valence-electron chi connectivity index (χ2n) is 4.95. The Hall–Kier alpha value is -1.55. The molecule has 0 saturated carbocycles. The number of hydrogen-bond donors (Lipinski definition) is 0. The highest BCUT2D eigenvalue weighted by atomic mass is 32.2. The van der Waals surface area contributed by atoms with Crippen LogP contribution in [0.4, 0.5) is 4.79 Å². The summed E-state index contributed by atoms with van der Waals surface area (Å²) in [5, 5.41) is -0.149. The van der Waals surface area contributed by atoms with Gasteiger partial charge in [-0.15, -0.1) is 0 Å². The lowest BCUT2D eigenvalue weighted by molar-refractivity contribution is -0.122. The maximum Gasteiger partial charge on any atom is 0.293 e. The standard InChI is InChI=1S/C16H19NO2S/c1-3-4-5-10-17-15(18)14(20-16(17)19)11-13-8-6-12(2)7-9-13/h6-9,11H,3-5,10H2,1-2H3/b14-11-. The van der Waals surface area contributed by atoms with Gasteiger partial charge in [-0.3, -0.25) is 14.5 Å². The van der Waals surface area contributed by atoms with E-state index < -0.39 is 0 Å². The van der Waals surface area contributed by atoms with Crippen LogP contribution < -0.4 is 0 Å². The molecule has 1 aliphatic rings. The number of nitrogens with zero attached hydrogens (tertiary/aromatic N) is 1. The van der Waals surface area contributed by atoms with E-state index in [1.807, 2.05) is 31.2 Å². The Morgan fingerprint density at radius 1 is 1.15 bits per heavy atom. The van der Waals surface area contributed by atoms with Crippen LogP contribution in [0.2, 0.25) is 0 Å². The van der Waals surface area contributed by atoms with Gasteiger partial charge in [0.2, 0.25) is 0 Å². The maximum absolute atomic E-state index is 12.2. The molecule has 0 radical (unpaired) electrons. The second-order valence-corrected chi connectivity index (χ2v) is 5.94. The van der Waals surface area contributed by atoms with Crippen molar-refractivity contribution in [1.82, 2.24) is 4.90 Å². The molecular weight excluding hydrogens is 270 g/mol. The Morgan fingerprint density at radius 2 is 1.85 bits per heavy atom. The zero-order chi connectivity index (χ0) is 14.5. The molecule has 0 N–H and O–H groups in total. The summed E-state index contributed by atoms with van der Waals surface area (Å²) < 4.78 is 0. The van der Waals surface area contributed by atoms with Gasteiger partial charge in [0, 0.05) is 6.54 Å².